The molecule has 0 aliphatic heterocycles. The van der Waals surface area contributed by atoms with Gasteiger partial charge in [0.1, 0.15) is 13.2 Å². The molecule has 0 N–H and O–H groups in total. The topological polar surface area (TPSA) is 72.9 Å². The number of carbonyl (C=O) groups excluding carboxylic acids is 3. The maximum Gasteiger partial charge on any atom is 0.305 e. The minimum atomic E-state index is -0.217. The van der Waals surface area contributed by atoms with Crippen molar-refractivity contribution in [1.82, 2.24) is 4.90 Å². The zero-order valence-corrected chi connectivity index (χ0v) is 38.9. The molecule has 6 nitrogen and oxygen atoms in total. The van der Waals surface area contributed by atoms with Gasteiger partial charge >= 0.3 is 11.9 Å². The monoisotopic (exact) mass is 808 g/mol. The van der Waals surface area contributed by atoms with E-state index in [1.807, 2.05) is 19.1 Å². The van der Waals surface area contributed by atoms with Crippen molar-refractivity contribution in [2.75, 3.05) is 26.3 Å². The van der Waals surface area contributed by atoms with Crippen LogP contribution in [0.4, 0.5) is 0 Å². The Morgan fingerprint density at radius 3 is 1.48 bits per heavy atom. The lowest BCUT2D eigenvalue weighted by Gasteiger charge is -2.32. The number of esters is 2. The summed E-state index contributed by atoms with van der Waals surface area (Å²) in [6.45, 7) is 16.2. The summed E-state index contributed by atoms with van der Waals surface area (Å²) in [5.74, 6) is -0.621. The maximum atomic E-state index is 13.4. The van der Waals surface area contributed by atoms with E-state index in [1.54, 1.807) is 11.0 Å². The molecule has 0 aromatic heterocycles. The molecule has 0 aromatic rings. The van der Waals surface area contributed by atoms with Gasteiger partial charge in [-0.1, -0.05) is 198 Å². The highest BCUT2D eigenvalue weighted by atomic mass is 16.5. The molecule has 0 bridgehead atoms. The fraction of sp³-hybridized carbons (Fsp3) is 0.750. The summed E-state index contributed by atoms with van der Waals surface area (Å²) in [7, 11) is 0. The highest BCUT2D eigenvalue weighted by Crippen LogP contribution is 2.40. The molecule has 0 saturated carbocycles. The number of hydrogen-bond acceptors (Lipinski definition) is 5. The average molecular weight is 808 g/mol. The van der Waals surface area contributed by atoms with Gasteiger partial charge in [0.05, 0.1) is 13.1 Å². The van der Waals surface area contributed by atoms with E-state index >= 15 is 0 Å². The number of ether oxygens (including phenoxy) is 2. The second-order valence-electron chi connectivity index (χ2n) is 17.8. The lowest BCUT2D eigenvalue weighted by molar-refractivity contribution is -0.146. The molecule has 1 aliphatic carbocycles. The molecular formula is C52H89NO5. The summed E-state index contributed by atoms with van der Waals surface area (Å²) >= 11 is 0. The van der Waals surface area contributed by atoms with Crippen LogP contribution in [-0.2, 0) is 23.9 Å². The summed E-state index contributed by atoms with van der Waals surface area (Å²) in [5.41, 5.74) is 5.09. The van der Waals surface area contributed by atoms with Crippen molar-refractivity contribution in [2.45, 2.75) is 222 Å². The number of allylic oxidation sites excluding steroid dienone is 9. The van der Waals surface area contributed by atoms with Gasteiger partial charge in [0.25, 0.3) is 0 Å². The van der Waals surface area contributed by atoms with E-state index < -0.39 is 0 Å². The van der Waals surface area contributed by atoms with Gasteiger partial charge in [-0.05, 0) is 69.4 Å². The number of nitrogens with zero attached hydrogens (tertiary/aromatic N) is 1. The molecule has 0 aromatic carbocycles. The van der Waals surface area contributed by atoms with Crippen LogP contribution < -0.4 is 0 Å². The highest BCUT2D eigenvalue weighted by Gasteiger charge is 2.26. The molecule has 0 atom stereocenters. The van der Waals surface area contributed by atoms with Gasteiger partial charge in [-0.15, -0.1) is 0 Å². The normalized spacial score (nSPS) is 14.8. The van der Waals surface area contributed by atoms with Gasteiger partial charge in [-0.3, -0.25) is 14.4 Å². The third-order valence-corrected chi connectivity index (χ3v) is 11.7. The van der Waals surface area contributed by atoms with Crippen molar-refractivity contribution in [3.8, 4) is 0 Å². The third kappa shape index (κ3) is 28.5. The van der Waals surface area contributed by atoms with Crippen molar-refractivity contribution in [3.05, 3.63) is 58.7 Å². The Balaban J connectivity index is 2.60. The van der Waals surface area contributed by atoms with E-state index in [0.29, 0.717) is 12.8 Å². The van der Waals surface area contributed by atoms with Crippen LogP contribution in [0.1, 0.15) is 222 Å². The minimum Gasteiger partial charge on any atom is -0.464 e. The van der Waals surface area contributed by atoms with E-state index in [0.717, 1.165) is 49.7 Å². The number of amides is 1. The Bertz CT molecular complexity index is 1220. The first-order chi connectivity index (χ1) is 28.0. The molecule has 0 heterocycles. The molecule has 0 spiro atoms. The average Bonchev–Trinajstić information content (AvgIpc) is 3.18. The Labute approximate surface area is 357 Å². The fourth-order valence-electron chi connectivity index (χ4n) is 7.85. The number of unbranched alkanes of at least 4 members (excludes halogenated alkanes) is 20. The summed E-state index contributed by atoms with van der Waals surface area (Å²) in [6.07, 6.45) is 43.6. The Morgan fingerprint density at radius 1 is 0.621 bits per heavy atom. The molecule has 332 valence electrons. The SMILES string of the molecule is CCCCCCCCCCCCCC(=O)OCCN(CCOC(=O)CCCCCCCCCCCCC)C(=O)/C=C(C)/C=C/C=C(C)/C=C/C1=C(C)CCCC1(C)C. The van der Waals surface area contributed by atoms with Crippen molar-refractivity contribution in [3.63, 3.8) is 0 Å². The van der Waals surface area contributed by atoms with Crippen molar-refractivity contribution in [1.29, 1.82) is 0 Å². The van der Waals surface area contributed by atoms with Gasteiger partial charge < -0.3 is 14.4 Å². The van der Waals surface area contributed by atoms with Gasteiger partial charge in [0, 0.05) is 18.9 Å². The fourth-order valence-corrected chi connectivity index (χ4v) is 7.85. The summed E-state index contributed by atoms with van der Waals surface area (Å²) in [5, 5.41) is 0. The number of rotatable bonds is 35. The van der Waals surface area contributed by atoms with Crippen LogP contribution in [0.2, 0.25) is 0 Å². The summed E-state index contributed by atoms with van der Waals surface area (Å²) in [6, 6.07) is 0. The predicted molar refractivity (Wildman–Crippen MR) is 247 cm³/mol. The van der Waals surface area contributed by atoms with Gasteiger partial charge in [0.15, 0.2) is 0 Å². The van der Waals surface area contributed by atoms with E-state index in [4.69, 9.17) is 9.47 Å². The van der Waals surface area contributed by atoms with Gasteiger partial charge in [-0.2, -0.15) is 0 Å². The van der Waals surface area contributed by atoms with Crippen molar-refractivity contribution in [2.24, 2.45) is 5.41 Å². The van der Waals surface area contributed by atoms with Gasteiger partial charge in [-0.25, -0.2) is 0 Å². The van der Waals surface area contributed by atoms with E-state index in [9.17, 15) is 14.4 Å². The molecule has 6 heteroatoms. The second-order valence-corrected chi connectivity index (χ2v) is 17.8. The zero-order chi connectivity index (χ0) is 42.7. The van der Waals surface area contributed by atoms with Crippen molar-refractivity contribution < 1.29 is 23.9 Å². The van der Waals surface area contributed by atoms with Crippen LogP contribution in [0.3, 0.4) is 0 Å². The van der Waals surface area contributed by atoms with Crippen molar-refractivity contribution >= 4 is 17.8 Å². The summed E-state index contributed by atoms with van der Waals surface area (Å²) < 4.78 is 11.1. The molecule has 1 aliphatic rings. The summed E-state index contributed by atoms with van der Waals surface area (Å²) in [4.78, 5) is 40.1. The first-order valence-electron chi connectivity index (χ1n) is 24.0. The highest BCUT2D eigenvalue weighted by molar-refractivity contribution is 5.88. The Kier molecular flexibility index (Phi) is 32.0. The third-order valence-electron chi connectivity index (χ3n) is 11.7. The maximum absolute atomic E-state index is 13.4. The van der Waals surface area contributed by atoms with E-state index in [-0.39, 0.29) is 49.6 Å². The first kappa shape index (κ1) is 53.1. The molecule has 1 amide bonds. The molecular weight excluding hydrogens is 719 g/mol. The smallest absolute Gasteiger partial charge is 0.305 e. The Morgan fingerprint density at radius 2 is 1.05 bits per heavy atom. The van der Waals surface area contributed by atoms with Gasteiger partial charge in [0.2, 0.25) is 5.91 Å². The molecule has 0 fully saturated rings. The largest absolute Gasteiger partial charge is 0.464 e. The van der Waals surface area contributed by atoms with Crippen LogP contribution in [0.15, 0.2) is 58.7 Å². The van der Waals surface area contributed by atoms with Crippen LogP contribution in [0.5, 0.6) is 0 Å². The standard InChI is InChI=1S/C52H89NO5/c1-8-10-12-14-16-18-20-22-24-26-28-35-50(55)57-42-40-53(41-43-58-51(56)36-29-27-25-23-21-19-17-15-13-11-9-2)49(54)44-46(4)33-30-32-45(3)37-38-48-47(5)34-31-39-52(48,6)7/h30,32-33,37-38,44H,8-29,31,34-36,39-43H2,1-7H3/b33-30+,38-37+,45-32+,46-44+. The lowest BCUT2D eigenvalue weighted by Crippen LogP contribution is -2.36. The van der Waals surface area contributed by atoms with E-state index in [2.05, 4.69) is 59.8 Å². The van der Waals surface area contributed by atoms with Crippen LogP contribution >= 0.6 is 0 Å². The van der Waals surface area contributed by atoms with E-state index in [1.165, 1.54) is 133 Å². The Hall–Kier alpha value is -2.89. The minimum absolute atomic E-state index is 0.124. The first-order valence-corrected chi connectivity index (χ1v) is 24.0. The molecule has 1 rings (SSSR count). The molecule has 0 unspecified atom stereocenters. The lowest BCUT2D eigenvalue weighted by atomic mass is 9.72. The van der Waals surface area contributed by atoms with Crippen LogP contribution in [0, 0.1) is 5.41 Å². The number of hydrogen-bond donors (Lipinski definition) is 0. The quantitative estimate of drug-likeness (QED) is 0.0276. The predicted octanol–water partition coefficient (Wildman–Crippen LogP) is 14.8. The molecule has 0 radical (unpaired) electrons. The van der Waals surface area contributed by atoms with Crippen LogP contribution in [0.25, 0.3) is 0 Å². The zero-order valence-electron chi connectivity index (χ0n) is 38.9. The van der Waals surface area contributed by atoms with Crippen LogP contribution in [-0.4, -0.2) is 49.0 Å². The second kappa shape index (κ2) is 34.9. The molecule has 0 saturated heterocycles. The number of carbonyl (C=O) groups is 3. The molecule has 58 heavy (non-hydrogen) atoms.